The number of nitrogens with zero attached hydrogens (tertiary/aromatic N) is 3. The van der Waals surface area contributed by atoms with Crippen LogP contribution in [-0.4, -0.2) is 32.7 Å². The highest BCUT2D eigenvalue weighted by atomic mass is 32.2. The summed E-state index contributed by atoms with van der Waals surface area (Å²) in [6, 6.07) is 1.79. The highest BCUT2D eigenvalue weighted by Crippen LogP contribution is 2.26. The fraction of sp³-hybridized carbons (Fsp3) is 0.429. The zero-order valence-corrected chi connectivity index (χ0v) is 13.1. The first kappa shape index (κ1) is 14.5. The molecule has 3 heterocycles. The third-order valence-electron chi connectivity index (χ3n) is 3.23. The lowest BCUT2D eigenvalue weighted by molar-refractivity contribution is -0.120. The van der Waals surface area contributed by atoms with Crippen LogP contribution >= 0.6 is 23.1 Å². The Kier molecular flexibility index (Phi) is 4.82. The van der Waals surface area contributed by atoms with E-state index in [-0.39, 0.29) is 11.2 Å². The van der Waals surface area contributed by atoms with Gasteiger partial charge in [0, 0.05) is 30.1 Å². The van der Waals surface area contributed by atoms with E-state index in [2.05, 4.69) is 20.3 Å². The van der Waals surface area contributed by atoms with Gasteiger partial charge in [0.25, 0.3) is 0 Å². The van der Waals surface area contributed by atoms with Crippen LogP contribution in [0.4, 0.5) is 0 Å². The van der Waals surface area contributed by atoms with Crippen molar-refractivity contribution in [2.24, 2.45) is 0 Å². The molecule has 0 bridgehead atoms. The molecule has 1 saturated heterocycles. The van der Waals surface area contributed by atoms with Crippen LogP contribution in [0.1, 0.15) is 25.0 Å². The van der Waals surface area contributed by atoms with Gasteiger partial charge < -0.3 is 5.32 Å². The lowest BCUT2D eigenvalue weighted by Crippen LogP contribution is -2.30. The van der Waals surface area contributed by atoms with E-state index in [1.54, 1.807) is 41.6 Å². The molecule has 1 fully saturated rings. The zero-order valence-electron chi connectivity index (χ0n) is 11.5. The van der Waals surface area contributed by atoms with Crippen LogP contribution in [0, 0.1) is 0 Å². The van der Waals surface area contributed by atoms with Crippen molar-refractivity contribution in [2.45, 2.75) is 30.3 Å². The molecule has 5 nitrogen and oxygen atoms in total. The maximum Gasteiger partial charge on any atom is 0.233 e. The predicted molar refractivity (Wildman–Crippen MR) is 85.1 cm³/mol. The Balaban J connectivity index is 1.61. The topological polar surface area (TPSA) is 67.8 Å². The number of aromatic nitrogens is 3. The van der Waals surface area contributed by atoms with Gasteiger partial charge in [-0.25, -0.2) is 15.0 Å². The highest BCUT2D eigenvalue weighted by Gasteiger charge is 2.21. The number of amides is 1. The van der Waals surface area contributed by atoms with Gasteiger partial charge in [-0.2, -0.15) is 0 Å². The molecule has 1 aliphatic heterocycles. The molecule has 2 aromatic heterocycles. The maximum atomic E-state index is 11.9. The summed E-state index contributed by atoms with van der Waals surface area (Å²) < 4.78 is 0. The predicted octanol–water partition coefficient (Wildman–Crippen LogP) is 2.50. The smallest absolute Gasteiger partial charge is 0.233 e. The number of rotatable bonds is 4. The first-order valence-electron chi connectivity index (χ1n) is 6.94. The van der Waals surface area contributed by atoms with E-state index in [0.717, 1.165) is 42.3 Å². The molecule has 0 aromatic carbocycles. The SMILES string of the molecule is O=C1NCCCCC1SCc1csc(-c2ncccn2)n1. The average molecular weight is 320 g/mol. The van der Waals surface area contributed by atoms with E-state index in [0.29, 0.717) is 5.82 Å². The van der Waals surface area contributed by atoms with Gasteiger partial charge in [0.2, 0.25) is 5.91 Å². The van der Waals surface area contributed by atoms with E-state index in [9.17, 15) is 4.79 Å². The van der Waals surface area contributed by atoms with Gasteiger partial charge in [-0.1, -0.05) is 6.42 Å². The van der Waals surface area contributed by atoms with Crippen LogP contribution in [-0.2, 0) is 10.5 Å². The van der Waals surface area contributed by atoms with E-state index >= 15 is 0 Å². The molecule has 7 heteroatoms. The second-order valence-electron chi connectivity index (χ2n) is 4.80. The first-order valence-corrected chi connectivity index (χ1v) is 8.87. The molecule has 2 aromatic rings. The minimum Gasteiger partial charge on any atom is -0.355 e. The number of thiazole rings is 1. The third-order valence-corrected chi connectivity index (χ3v) is 5.43. The molecule has 3 rings (SSSR count). The van der Waals surface area contributed by atoms with Crippen molar-refractivity contribution >= 4 is 29.0 Å². The summed E-state index contributed by atoms with van der Waals surface area (Å²) in [5, 5.41) is 5.86. The molecular formula is C14H16N4OS2. The average Bonchev–Trinajstić information content (AvgIpc) is 2.90. The van der Waals surface area contributed by atoms with Gasteiger partial charge >= 0.3 is 0 Å². The van der Waals surface area contributed by atoms with Crippen molar-refractivity contribution in [3.63, 3.8) is 0 Å². The minimum absolute atomic E-state index is 0.0469. The summed E-state index contributed by atoms with van der Waals surface area (Å²) in [5.74, 6) is 1.58. The Morgan fingerprint density at radius 3 is 3.05 bits per heavy atom. The Hall–Kier alpha value is -1.47. The number of thioether (sulfide) groups is 1. The molecule has 1 aliphatic rings. The normalized spacial score (nSPS) is 19.0. The van der Waals surface area contributed by atoms with Gasteiger partial charge in [0.05, 0.1) is 10.9 Å². The van der Waals surface area contributed by atoms with Crippen molar-refractivity contribution in [1.82, 2.24) is 20.3 Å². The second-order valence-corrected chi connectivity index (χ2v) is 6.85. The summed E-state index contributed by atoms with van der Waals surface area (Å²) in [7, 11) is 0. The Morgan fingerprint density at radius 1 is 1.33 bits per heavy atom. The van der Waals surface area contributed by atoms with Gasteiger partial charge in [0.1, 0.15) is 0 Å². The summed E-state index contributed by atoms with van der Waals surface area (Å²) >= 11 is 3.22. The van der Waals surface area contributed by atoms with Crippen LogP contribution in [0.5, 0.6) is 0 Å². The maximum absolute atomic E-state index is 11.9. The van der Waals surface area contributed by atoms with Crippen molar-refractivity contribution in [2.75, 3.05) is 6.54 Å². The molecule has 1 atom stereocenters. The molecule has 1 N–H and O–H groups in total. The van der Waals surface area contributed by atoms with Crippen LogP contribution in [0.3, 0.4) is 0 Å². The van der Waals surface area contributed by atoms with Crippen LogP contribution < -0.4 is 5.32 Å². The number of hydrogen-bond donors (Lipinski definition) is 1. The number of nitrogens with one attached hydrogen (secondary N) is 1. The van der Waals surface area contributed by atoms with Gasteiger partial charge in [-0.15, -0.1) is 23.1 Å². The van der Waals surface area contributed by atoms with Gasteiger partial charge in [-0.3, -0.25) is 4.79 Å². The summed E-state index contributed by atoms with van der Waals surface area (Å²) in [5.41, 5.74) is 0.990. The molecule has 1 unspecified atom stereocenters. The van der Waals surface area contributed by atoms with E-state index in [1.807, 2.05) is 5.38 Å². The van der Waals surface area contributed by atoms with Crippen LogP contribution in [0.15, 0.2) is 23.8 Å². The minimum atomic E-state index is 0.0469. The van der Waals surface area contributed by atoms with E-state index < -0.39 is 0 Å². The Morgan fingerprint density at radius 2 is 2.19 bits per heavy atom. The summed E-state index contributed by atoms with van der Waals surface area (Å²) in [4.78, 5) is 24.9. The molecular weight excluding hydrogens is 304 g/mol. The standard InChI is InChI=1S/C14H16N4OS2/c19-13-11(4-1-2-5-17-13)20-8-10-9-21-14(18-10)12-15-6-3-7-16-12/h3,6-7,9,11H,1-2,4-5,8H2,(H,17,19). The van der Waals surface area contributed by atoms with E-state index in [1.165, 1.54) is 0 Å². The summed E-state index contributed by atoms with van der Waals surface area (Å²) in [6.45, 7) is 0.808. The molecule has 0 aliphatic carbocycles. The lowest BCUT2D eigenvalue weighted by Gasteiger charge is -2.11. The lowest BCUT2D eigenvalue weighted by atomic mass is 10.2. The quantitative estimate of drug-likeness (QED) is 0.937. The van der Waals surface area contributed by atoms with Gasteiger partial charge in [0.15, 0.2) is 10.8 Å². The molecule has 0 spiro atoms. The van der Waals surface area contributed by atoms with Crippen LogP contribution in [0.25, 0.3) is 10.8 Å². The first-order chi connectivity index (χ1) is 10.3. The Bertz CT molecular complexity index is 602. The van der Waals surface area contributed by atoms with Crippen molar-refractivity contribution < 1.29 is 4.79 Å². The molecule has 1 amide bonds. The fourth-order valence-electron chi connectivity index (χ4n) is 2.14. The summed E-state index contributed by atoms with van der Waals surface area (Å²) in [6.07, 6.45) is 6.57. The monoisotopic (exact) mass is 320 g/mol. The van der Waals surface area contributed by atoms with E-state index in [4.69, 9.17) is 0 Å². The highest BCUT2D eigenvalue weighted by molar-refractivity contribution is 7.99. The fourth-order valence-corrected chi connectivity index (χ4v) is 4.10. The van der Waals surface area contributed by atoms with Crippen molar-refractivity contribution in [3.8, 4) is 10.8 Å². The molecule has 21 heavy (non-hydrogen) atoms. The largest absolute Gasteiger partial charge is 0.355 e. The third kappa shape index (κ3) is 3.79. The number of carbonyl (C=O) groups excluding carboxylic acids is 1. The Labute approximate surface area is 131 Å². The second kappa shape index (κ2) is 7.00. The van der Waals surface area contributed by atoms with Crippen molar-refractivity contribution in [1.29, 1.82) is 0 Å². The molecule has 0 saturated carbocycles. The molecule has 0 radical (unpaired) electrons. The number of carbonyl (C=O) groups is 1. The van der Waals surface area contributed by atoms with Crippen molar-refractivity contribution in [3.05, 3.63) is 29.5 Å². The zero-order chi connectivity index (χ0) is 14.5. The van der Waals surface area contributed by atoms with Crippen LogP contribution in [0.2, 0.25) is 0 Å². The molecule has 110 valence electrons. The number of hydrogen-bond acceptors (Lipinski definition) is 6. The van der Waals surface area contributed by atoms with Gasteiger partial charge in [-0.05, 0) is 18.9 Å².